The fourth-order valence-corrected chi connectivity index (χ4v) is 6.50. The zero-order valence-electron chi connectivity index (χ0n) is 23.1. The second-order valence-electron chi connectivity index (χ2n) is 10.8. The van der Waals surface area contributed by atoms with Gasteiger partial charge >= 0.3 is 0 Å². The van der Waals surface area contributed by atoms with Crippen molar-refractivity contribution in [1.82, 2.24) is 14.9 Å². The lowest BCUT2D eigenvalue weighted by atomic mass is 10.1. The topological polar surface area (TPSA) is 79.5 Å². The number of hydrogen-bond acceptors (Lipinski definition) is 8. The molecule has 10 heteroatoms. The van der Waals surface area contributed by atoms with Crippen molar-refractivity contribution in [3.05, 3.63) is 64.7 Å². The number of piperazine rings is 1. The molecule has 1 aliphatic carbocycles. The Morgan fingerprint density at radius 1 is 1.10 bits per heavy atom. The van der Waals surface area contributed by atoms with Crippen LogP contribution in [-0.4, -0.2) is 65.3 Å². The number of hydrogen-bond donors (Lipinski definition) is 1. The molecule has 2 fully saturated rings. The zero-order valence-corrected chi connectivity index (χ0v) is 24.0. The van der Waals surface area contributed by atoms with Crippen LogP contribution in [0.1, 0.15) is 43.2 Å². The van der Waals surface area contributed by atoms with Crippen molar-refractivity contribution < 1.29 is 13.9 Å². The summed E-state index contributed by atoms with van der Waals surface area (Å²) in [6.45, 7) is 8.03. The van der Waals surface area contributed by atoms with Crippen molar-refractivity contribution in [1.29, 1.82) is 5.26 Å². The molecule has 1 atom stereocenters. The SMILES string of the molecule is CCN(c1nc(-c2ccc(F)cc2)c(C#N)s1)c1cc(C2CC2)nc2c(F)cc(N3CCN(C[C@H](C)O)CC3)cc12. The van der Waals surface area contributed by atoms with Crippen LogP contribution < -0.4 is 9.80 Å². The molecule has 0 amide bonds. The molecule has 1 aliphatic heterocycles. The summed E-state index contributed by atoms with van der Waals surface area (Å²) in [5.74, 6) is -0.387. The number of nitriles is 1. The first-order valence-corrected chi connectivity index (χ1v) is 14.9. The van der Waals surface area contributed by atoms with Crippen LogP contribution in [0.25, 0.3) is 22.2 Å². The maximum absolute atomic E-state index is 15.8. The molecule has 1 saturated heterocycles. The number of benzene rings is 2. The van der Waals surface area contributed by atoms with Gasteiger partial charge in [0.15, 0.2) is 10.9 Å². The van der Waals surface area contributed by atoms with Gasteiger partial charge in [0.2, 0.25) is 0 Å². The molecule has 7 nitrogen and oxygen atoms in total. The summed E-state index contributed by atoms with van der Waals surface area (Å²) in [5, 5.41) is 21.0. The Kier molecular flexibility index (Phi) is 7.60. The Bertz CT molecular complexity index is 1600. The highest BCUT2D eigenvalue weighted by atomic mass is 32.1. The third-order valence-electron chi connectivity index (χ3n) is 7.78. The molecular formula is C31H32F2N6OS. The summed E-state index contributed by atoms with van der Waals surface area (Å²) < 4.78 is 29.4. The molecule has 212 valence electrons. The highest BCUT2D eigenvalue weighted by Crippen LogP contribution is 2.45. The predicted octanol–water partition coefficient (Wildman–Crippen LogP) is 6.05. The second-order valence-corrected chi connectivity index (χ2v) is 11.8. The van der Waals surface area contributed by atoms with Crippen molar-refractivity contribution in [2.45, 2.75) is 38.7 Å². The Balaban J connectivity index is 1.42. The van der Waals surface area contributed by atoms with E-state index in [1.807, 2.05) is 17.9 Å². The van der Waals surface area contributed by atoms with Crippen molar-refractivity contribution in [2.24, 2.45) is 0 Å². The van der Waals surface area contributed by atoms with Gasteiger partial charge in [-0.15, -0.1) is 0 Å². The third-order valence-corrected chi connectivity index (χ3v) is 8.76. The molecule has 0 spiro atoms. The minimum absolute atomic E-state index is 0.318. The normalized spacial score (nSPS) is 16.6. The lowest BCUT2D eigenvalue weighted by Gasteiger charge is -2.36. The number of rotatable bonds is 8. The van der Waals surface area contributed by atoms with Crippen LogP contribution in [0.3, 0.4) is 0 Å². The van der Waals surface area contributed by atoms with E-state index in [-0.39, 0.29) is 17.7 Å². The van der Waals surface area contributed by atoms with Gasteiger partial charge in [-0.1, -0.05) is 11.3 Å². The van der Waals surface area contributed by atoms with Crippen LogP contribution in [-0.2, 0) is 0 Å². The molecule has 1 N–H and O–H groups in total. The molecule has 4 aromatic rings. The van der Waals surface area contributed by atoms with Gasteiger partial charge in [0.1, 0.15) is 28.0 Å². The molecule has 3 heterocycles. The van der Waals surface area contributed by atoms with Crippen molar-refractivity contribution in [3.8, 4) is 17.3 Å². The van der Waals surface area contributed by atoms with Crippen LogP contribution in [0.4, 0.5) is 25.3 Å². The number of pyridine rings is 1. The number of anilines is 3. The van der Waals surface area contributed by atoms with Gasteiger partial charge < -0.3 is 14.9 Å². The molecule has 2 aliphatic rings. The maximum atomic E-state index is 15.8. The summed E-state index contributed by atoms with van der Waals surface area (Å²) in [7, 11) is 0. The average molecular weight is 575 g/mol. The first kappa shape index (κ1) is 27.5. The average Bonchev–Trinajstić information content (AvgIpc) is 3.73. The minimum Gasteiger partial charge on any atom is -0.392 e. The van der Waals surface area contributed by atoms with Gasteiger partial charge in [0.25, 0.3) is 0 Å². The third kappa shape index (κ3) is 5.62. The molecule has 0 unspecified atom stereocenters. The van der Waals surface area contributed by atoms with Gasteiger partial charge in [-0.2, -0.15) is 5.26 Å². The number of halogens is 2. The quantitative estimate of drug-likeness (QED) is 0.275. The lowest BCUT2D eigenvalue weighted by molar-refractivity contribution is 0.122. The molecule has 2 aromatic carbocycles. The van der Waals surface area contributed by atoms with Crippen LogP contribution in [0, 0.1) is 23.0 Å². The van der Waals surface area contributed by atoms with E-state index >= 15 is 4.39 Å². The summed E-state index contributed by atoms with van der Waals surface area (Å²) in [5.41, 5.74) is 4.01. The van der Waals surface area contributed by atoms with Gasteiger partial charge in [-0.25, -0.2) is 18.7 Å². The summed E-state index contributed by atoms with van der Waals surface area (Å²) in [6.07, 6.45) is 1.68. The largest absolute Gasteiger partial charge is 0.392 e. The summed E-state index contributed by atoms with van der Waals surface area (Å²) in [6, 6.07) is 13.9. The second kappa shape index (κ2) is 11.3. The minimum atomic E-state index is -0.384. The number of aliphatic hydroxyl groups excluding tert-OH is 1. The highest BCUT2D eigenvalue weighted by molar-refractivity contribution is 7.16. The van der Waals surface area contributed by atoms with Crippen LogP contribution in [0.15, 0.2) is 42.5 Å². The Morgan fingerprint density at radius 3 is 2.46 bits per heavy atom. The van der Waals surface area contributed by atoms with Crippen LogP contribution in [0.5, 0.6) is 0 Å². The standard InChI is InChI=1S/C31H32F2N6OS/c1-3-39(31-36-29(28(17-34)41-31)21-6-8-22(32)9-7-21)27-16-26(20-4-5-20)35-30-24(27)14-23(15-25(30)33)38-12-10-37(11-13-38)18-19(2)40/h6-9,14-16,19-20,40H,3-5,10-13,18H2,1-2H3/t19-/m0/s1. The van der Waals surface area contributed by atoms with Crippen molar-refractivity contribution in [3.63, 3.8) is 0 Å². The van der Waals surface area contributed by atoms with Crippen LogP contribution >= 0.6 is 11.3 Å². The molecule has 2 aromatic heterocycles. The fraction of sp³-hybridized carbons (Fsp3) is 0.387. The van der Waals surface area contributed by atoms with Crippen molar-refractivity contribution in [2.75, 3.05) is 49.1 Å². The Hall–Kier alpha value is -3.65. The Morgan fingerprint density at radius 2 is 1.83 bits per heavy atom. The van der Waals surface area contributed by atoms with Crippen molar-refractivity contribution >= 4 is 38.7 Å². The number of aromatic nitrogens is 2. The molecule has 0 bridgehead atoms. The fourth-order valence-electron chi connectivity index (χ4n) is 5.54. The van der Waals surface area contributed by atoms with E-state index in [4.69, 9.17) is 9.97 Å². The first-order chi connectivity index (χ1) is 19.8. The number of thiazole rings is 1. The van der Waals surface area contributed by atoms with Crippen LogP contribution in [0.2, 0.25) is 0 Å². The highest BCUT2D eigenvalue weighted by Gasteiger charge is 2.29. The number of fused-ring (bicyclic) bond motifs is 1. The van der Waals surface area contributed by atoms with E-state index < -0.39 is 0 Å². The van der Waals surface area contributed by atoms with E-state index in [2.05, 4.69) is 21.9 Å². The number of aliphatic hydroxyl groups is 1. The number of nitrogens with zero attached hydrogens (tertiary/aromatic N) is 6. The first-order valence-electron chi connectivity index (χ1n) is 14.1. The van der Waals surface area contributed by atoms with Gasteiger partial charge in [-0.3, -0.25) is 4.90 Å². The van der Waals surface area contributed by atoms with E-state index in [0.29, 0.717) is 51.2 Å². The number of β-amino-alcohol motifs (C(OH)–C–C–N with tert-alkyl or cyclic N) is 1. The monoisotopic (exact) mass is 574 g/mol. The van der Waals surface area contributed by atoms with Gasteiger partial charge in [-0.05, 0) is 69.2 Å². The summed E-state index contributed by atoms with van der Waals surface area (Å²) >= 11 is 1.28. The smallest absolute Gasteiger partial charge is 0.191 e. The lowest BCUT2D eigenvalue weighted by Crippen LogP contribution is -2.48. The molecule has 1 saturated carbocycles. The van der Waals surface area contributed by atoms with E-state index in [0.717, 1.165) is 56.1 Å². The zero-order chi connectivity index (χ0) is 28.7. The predicted molar refractivity (Wildman–Crippen MR) is 159 cm³/mol. The van der Waals surface area contributed by atoms with Gasteiger partial charge in [0, 0.05) is 67.5 Å². The molecule has 6 rings (SSSR count). The summed E-state index contributed by atoms with van der Waals surface area (Å²) in [4.78, 5) is 16.5. The molecule has 41 heavy (non-hydrogen) atoms. The Labute approximate surface area is 242 Å². The molecule has 0 radical (unpaired) electrons. The maximum Gasteiger partial charge on any atom is 0.191 e. The van der Waals surface area contributed by atoms with E-state index in [1.165, 1.54) is 23.5 Å². The molecular weight excluding hydrogens is 542 g/mol. The van der Waals surface area contributed by atoms with Gasteiger partial charge in [0.05, 0.1) is 11.8 Å². The van der Waals surface area contributed by atoms with E-state index in [9.17, 15) is 14.8 Å². The van der Waals surface area contributed by atoms with E-state index in [1.54, 1.807) is 25.1 Å².